The molecule has 224 valence electrons. The normalized spacial score (nSPS) is 12.5. The van der Waals surface area contributed by atoms with Crippen molar-refractivity contribution in [3.8, 4) is 27.4 Å². The van der Waals surface area contributed by atoms with Crippen LogP contribution in [0.25, 0.3) is 86.9 Å². The number of aromatic nitrogens is 2. The van der Waals surface area contributed by atoms with Crippen LogP contribution < -0.4 is 0 Å². The second-order valence-electron chi connectivity index (χ2n) is 11.8. The molecule has 0 N–H and O–H groups in total. The van der Waals surface area contributed by atoms with Crippen molar-refractivity contribution in [1.82, 2.24) is 9.55 Å². The zero-order valence-electron chi connectivity index (χ0n) is 26.1. The van der Waals surface area contributed by atoms with Gasteiger partial charge in [-0.1, -0.05) is 109 Å². The van der Waals surface area contributed by atoms with Gasteiger partial charge in [0.1, 0.15) is 16.2 Å². The van der Waals surface area contributed by atoms with Crippen molar-refractivity contribution in [2.75, 3.05) is 0 Å². The van der Waals surface area contributed by atoms with E-state index in [1.54, 1.807) is 11.3 Å². The van der Waals surface area contributed by atoms with Gasteiger partial charge in [0, 0.05) is 38.4 Å². The van der Waals surface area contributed by atoms with Crippen LogP contribution in [-0.2, 0) is 0 Å². The van der Waals surface area contributed by atoms with Gasteiger partial charge in [0.15, 0.2) is 0 Å². The second-order valence-corrected chi connectivity index (χ2v) is 12.8. The maximum Gasteiger partial charge on any atom is 0.143 e. The van der Waals surface area contributed by atoms with E-state index in [-0.39, 0.29) is 0 Å². The number of fused-ring (bicyclic) bond motifs is 8. The first-order valence-electron chi connectivity index (χ1n) is 16.0. The molecule has 0 saturated heterocycles. The summed E-state index contributed by atoms with van der Waals surface area (Å²) in [5.41, 5.74) is 12.1. The lowest BCUT2D eigenvalue weighted by Gasteiger charge is -2.10. The zero-order chi connectivity index (χ0) is 31.5. The molecule has 0 bridgehead atoms. The van der Waals surface area contributed by atoms with E-state index in [9.17, 15) is 0 Å². The summed E-state index contributed by atoms with van der Waals surface area (Å²) in [5, 5.41) is 5.69. The molecule has 4 heteroatoms. The van der Waals surface area contributed by atoms with Crippen molar-refractivity contribution < 1.29 is 4.42 Å². The quantitative estimate of drug-likeness (QED) is 0.179. The molecule has 47 heavy (non-hydrogen) atoms. The van der Waals surface area contributed by atoms with E-state index in [0.29, 0.717) is 0 Å². The van der Waals surface area contributed by atoms with Gasteiger partial charge in [-0.3, -0.25) is 0 Å². The van der Waals surface area contributed by atoms with Crippen molar-refractivity contribution >= 4 is 70.9 Å². The van der Waals surface area contributed by atoms with Gasteiger partial charge in [-0.2, -0.15) is 0 Å². The molecule has 6 aromatic carbocycles. The van der Waals surface area contributed by atoms with E-state index in [2.05, 4.69) is 157 Å². The fraction of sp³-hybridized carbons (Fsp3) is 0.0465. The molecule has 0 aliphatic rings. The van der Waals surface area contributed by atoms with E-state index in [1.807, 2.05) is 6.92 Å². The largest absolute Gasteiger partial charge is 0.455 e. The van der Waals surface area contributed by atoms with Crippen molar-refractivity contribution in [3.05, 3.63) is 151 Å². The lowest BCUT2D eigenvalue weighted by molar-refractivity contribution is 0.668. The first-order valence-corrected chi connectivity index (χ1v) is 16.8. The number of rotatable bonds is 5. The Morgan fingerprint density at radius 1 is 0.702 bits per heavy atom. The highest BCUT2D eigenvalue weighted by atomic mass is 32.1. The minimum Gasteiger partial charge on any atom is -0.455 e. The molecule has 3 nitrogen and oxygen atoms in total. The van der Waals surface area contributed by atoms with Gasteiger partial charge in [-0.25, -0.2) is 4.98 Å². The van der Waals surface area contributed by atoms with Crippen LogP contribution in [0.2, 0.25) is 0 Å². The van der Waals surface area contributed by atoms with E-state index < -0.39 is 0 Å². The van der Waals surface area contributed by atoms with E-state index >= 15 is 0 Å². The summed E-state index contributed by atoms with van der Waals surface area (Å²) in [6.07, 6.45) is 6.34. The van der Waals surface area contributed by atoms with Crippen molar-refractivity contribution in [2.45, 2.75) is 13.8 Å². The van der Waals surface area contributed by atoms with Crippen LogP contribution >= 0.6 is 11.3 Å². The second kappa shape index (κ2) is 11.0. The number of hydrogen-bond donors (Lipinski definition) is 0. The minimum absolute atomic E-state index is 0.888. The number of thiazole rings is 1. The number of para-hydroxylation sites is 2. The monoisotopic (exact) mass is 622 g/mol. The number of nitrogens with zero attached hydrogens (tertiary/aromatic N) is 2. The number of furan rings is 1. The molecule has 0 aliphatic heterocycles. The molecule has 9 rings (SSSR count). The molecule has 3 aromatic heterocycles. The van der Waals surface area contributed by atoms with Crippen molar-refractivity contribution in [2.24, 2.45) is 0 Å². The summed E-state index contributed by atoms with van der Waals surface area (Å²) in [7, 11) is 0. The van der Waals surface area contributed by atoms with Gasteiger partial charge in [-0.15, -0.1) is 11.3 Å². The lowest BCUT2D eigenvalue weighted by atomic mass is 10.0. The Hall–Kier alpha value is -5.71. The van der Waals surface area contributed by atoms with Gasteiger partial charge in [0.05, 0.1) is 21.3 Å². The molecule has 0 unspecified atom stereocenters. The molecular weight excluding hydrogens is 593 g/mol. The molecule has 0 amide bonds. The predicted molar refractivity (Wildman–Crippen MR) is 201 cm³/mol. The Balaban J connectivity index is 1.27. The molecule has 0 atom stereocenters. The summed E-state index contributed by atoms with van der Waals surface area (Å²) >= 11 is 1.75. The summed E-state index contributed by atoms with van der Waals surface area (Å²) in [4.78, 5) is 5.26. The van der Waals surface area contributed by atoms with Gasteiger partial charge in [-0.05, 0) is 66.9 Å². The van der Waals surface area contributed by atoms with Crippen LogP contribution in [0.15, 0.2) is 150 Å². The van der Waals surface area contributed by atoms with Crippen LogP contribution in [0.4, 0.5) is 0 Å². The maximum absolute atomic E-state index is 6.56. The highest BCUT2D eigenvalue weighted by molar-refractivity contribution is 7.22. The fourth-order valence-electron chi connectivity index (χ4n) is 7.06. The predicted octanol–water partition coefficient (Wildman–Crippen LogP) is 12.6. The summed E-state index contributed by atoms with van der Waals surface area (Å²) in [6.45, 7) is 4.12. The molecule has 0 radical (unpaired) electrons. The Kier molecular flexibility index (Phi) is 6.44. The van der Waals surface area contributed by atoms with Gasteiger partial charge >= 0.3 is 0 Å². The van der Waals surface area contributed by atoms with Gasteiger partial charge < -0.3 is 8.98 Å². The Labute approximate surface area is 276 Å². The van der Waals surface area contributed by atoms with Crippen molar-refractivity contribution in [3.63, 3.8) is 0 Å². The third-order valence-electron chi connectivity index (χ3n) is 9.12. The highest BCUT2D eigenvalue weighted by Gasteiger charge is 2.21. The molecule has 3 heterocycles. The average Bonchev–Trinajstić information content (AvgIpc) is 3.82. The Morgan fingerprint density at radius 3 is 2.34 bits per heavy atom. The van der Waals surface area contributed by atoms with E-state index in [4.69, 9.17) is 9.40 Å². The number of benzene rings is 6. The lowest BCUT2D eigenvalue weighted by Crippen LogP contribution is -1.94. The highest BCUT2D eigenvalue weighted by Crippen LogP contribution is 2.45. The molecule has 0 saturated carbocycles. The third-order valence-corrected chi connectivity index (χ3v) is 10.2. The van der Waals surface area contributed by atoms with E-state index in [1.165, 1.54) is 32.9 Å². The summed E-state index contributed by atoms with van der Waals surface area (Å²) in [5.74, 6) is 0. The number of hydrogen-bond acceptors (Lipinski definition) is 3. The topological polar surface area (TPSA) is 31.0 Å². The summed E-state index contributed by atoms with van der Waals surface area (Å²) in [6, 6.07) is 45.3. The van der Waals surface area contributed by atoms with Crippen LogP contribution in [0, 0.1) is 0 Å². The average molecular weight is 623 g/mol. The molecule has 0 fully saturated rings. The zero-order valence-corrected chi connectivity index (χ0v) is 26.9. The van der Waals surface area contributed by atoms with Crippen molar-refractivity contribution in [1.29, 1.82) is 0 Å². The minimum atomic E-state index is 0.888. The van der Waals surface area contributed by atoms with Gasteiger partial charge in [0.25, 0.3) is 0 Å². The maximum atomic E-state index is 6.56. The first-order chi connectivity index (χ1) is 23.2. The Bertz CT molecular complexity index is 2700. The van der Waals surface area contributed by atoms with Crippen LogP contribution in [0.5, 0.6) is 0 Å². The fourth-order valence-corrected chi connectivity index (χ4v) is 8.21. The van der Waals surface area contributed by atoms with Crippen LogP contribution in [-0.4, -0.2) is 9.55 Å². The molecular formula is C43H30N2OS. The smallest absolute Gasteiger partial charge is 0.143 e. The van der Waals surface area contributed by atoms with Gasteiger partial charge in [0.2, 0.25) is 0 Å². The SMILES string of the molecule is C/C=C\C(=C/C)c1cccc2c1oc1ccc3nc(-c4cccc5c4c4ccccc4n5-c4cccc(-c5ccccc5)c4)sc3c12. The van der Waals surface area contributed by atoms with Crippen LogP contribution in [0.1, 0.15) is 19.4 Å². The Morgan fingerprint density at radius 2 is 1.47 bits per heavy atom. The standard InChI is InChI=1S/C43H30N2OS/c1-3-13-27(4-2)31-19-11-20-33-40-38(46-41(31)33)25-24-35-42(40)47-43(44-35)34-21-12-23-37-39(34)32-18-8-9-22-36(32)45(37)30-17-10-16-29(26-30)28-14-6-5-7-15-28/h3-26H,1-2H3/b13-3-,27-4+. The summed E-state index contributed by atoms with van der Waals surface area (Å²) < 4.78 is 10.1. The first kappa shape index (κ1) is 27.6. The third kappa shape index (κ3) is 4.29. The van der Waals surface area contributed by atoms with E-state index in [0.717, 1.165) is 59.6 Å². The molecule has 9 aromatic rings. The molecule has 0 spiro atoms. The number of allylic oxidation sites excluding steroid dienone is 4. The van der Waals surface area contributed by atoms with Crippen LogP contribution in [0.3, 0.4) is 0 Å². The molecule has 0 aliphatic carbocycles.